The Balaban J connectivity index is 2.47. The zero-order valence-electron chi connectivity index (χ0n) is 6.46. The highest BCUT2D eigenvalue weighted by atomic mass is 35.7. The maximum Gasteiger partial charge on any atom is 0.229 e. The number of rotatable bonds is 2. The summed E-state index contributed by atoms with van der Waals surface area (Å²) in [6.45, 7) is 0. The van der Waals surface area contributed by atoms with Crippen molar-refractivity contribution >= 4 is 21.7 Å². The summed E-state index contributed by atoms with van der Waals surface area (Å²) in [6, 6.07) is 9.58. The van der Waals surface area contributed by atoms with E-state index in [9.17, 15) is 0 Å². The molecule has 2 rings (SSSR count). The van der Waals surface area contributed by atoms with E-state index in [1.54, 1.807) is 4.68 Å². The van der Waals surface area contributed by atoms with Crippen molar-refractivity contribution in [2.75, 3.05) is 0 Å². The maximum absolute atomic E-state index is 5.58. The number of hydrogen-bond acceptors (Lipinski definition) is 4. The molecule has 0 aliphatic rings. The molecule has 1 aromatic heterocycles. The highest BCUT2D eigenvalue weighted by Gasteiger charge is 2.06. The van der Waals surface area contributed by atoms with Gasteiger partial charge in [-0.2, -0.15) is 4.68 Å². The average molecular weight is 213 g/mol. The second-order valence-corrected chi connectivity index (χ2v) is 3.27. The minimum absolute atomic E-state index is 0.563. The van der Waals surface area contributed by atoms with Gasteiger partial charge in [0.1, 0.15) is 0 Å². The number of nitrogens with zero attached hydrogens (tertiary/aromatic N) is 4. The molecule has 13 heavy (non-hydrogen) atoms. The fourth-order valence-corrected chi connectivity index (χ4v) is 1.52. The summed E-state index contributed by atoms with van der Waals surface area (Å²) in [5.74, 6) is 0. The molecule has 66 valence electrons. The van der Waals surface area contributed by atoms with E-state index < -0.39 is 0 Å². The van der Waals surface area contributed by atoms with E-state index in [1.165, 1.54) is 0 Å². The van der Waals surface area contributed by atoms with Crippen molar-refractivity contribution in [3.63, 3.8) is 0 Å². The van der Waals surface area contributed by atoms with Gasteiger partial charge in [0.25, 0.3) is 0 Å². The minimum atomic E-state index is 0.563. The number of para-hydroxylation sites is 1. The van der Waals surface area contributed by atoms with Gasteiger partial charge in [0.15, 0.2) is 0 Å². The number of halogens is 1. The SMILES string of the molecule is ClSc1nnnn1-c1ccccc1. The van der Waals surface area contributed by atoms with Crippen LogP contribution in [0.4, 0.5) is 0 Å². The van der Waals surface area contributed by atoms with Crippen molar-refractivity contribution in [2.45, 2.75) is 5.16 Å². The van der Waals surface area contributed by atoms with E-state index in [0.717, 1.165) is 16.7 Å². The lowest BCUT2D eigenvalue weighted by Gasteiger charge is -1.99. The molecule has 0 radical (unpaired) electrons. The van der Waals surface area contributed by atoms with Crippen molar-refractivity contribution in [1.82, 2.24) is 20.2 Å². The van der Waals surface area contributed by atoms with Gasteiger partial charge in [-0.3, -0.25) is 0 Å². The largest absolute Gasteiger partial charge is 0.229 e. The zero-order valence-corrected chi connectivity index (χ0v) is 8.03. The van der Waals surface area contributed by atoms with Gasteiger partial charge in [-0.15, -0.1) is 5.10 Å². The molecule has 0 N–H and O–H groups in total. The van der Waals surface area contributed by atoms with Crippen molar-refractivity contribution in [1.29, 1.82) is 0 Å². The van der Waals surface area contributed by atoms with E-state index in [-0.39, 0.29) is 0 Å². The van der Waals surface area contributed by atoms with Crippen LogP contribution >= 0.6 is 21.7 Å². The maximum atomic E-state index is 5.58. The number of hydrogen-bond donors (Lipinski definition) is 0. The van der Waals surface area contributed by atoms with Gasteiger partial charge in [-0.05, 0) is 33.2 Å². The molecule has 0 fully saturated rings. The molecule has 1 aromatic carbocycles. The van der Waals surface area contributed by atoms with Gasteiger partial charge >= 0.3 is 0 Å². The molecule has 0 saturated carbocycles. The first-order chi connectivity index (χ1) is 6.42. The van der Waals surface area contributed by atoms with Crippen LogP contribution in [0, 0.1) is 0 Å². The summed E-state index contributed by atoms with van der Waals surface area (Å²) in [5, 5.41) is 11.6. The van der Waals surface area contributed by atoms with Crippen LogP contribution in [0.2, 0.25) is 0 Å². The van der Waals surface area contributed by atoms with Crippen LogP contribution in [0.5, 0.6) is 0 Å². The number of benzene rings is 1. The smallest absolute Gasteiger partial charge is 0.187 e. The Morgan fingerprint density at radius 2 is 2.00 bits per heavy atom. The van der Waals surface area contributed by atoms with Crippen LogP contribution in [0.1, 0.15) is 0 Å². The monoisotopic (exact) mass is 212 g/mol. The Labute approximate surface area is 83.4 Å². The number of tetrazole rings is 1. The van der Waals surface area contributed by atoms with Crippen LogP contribution in [-0.2, 0) is 0 Å². The van der Waals surface area contributed by atoms with Gasteiger partial charge < -0.3 is 0 Å². The molecule has 0 saturated heterocycles. The molecular formula is C7H5ClN4S. The van der Waals surface area contributed by atoms with E-state index in [4.69, 9.17) is 10.7 Å². The van der Waals surface area contributed by atoms with Gasteiger partial charge in [0.2, 0.25) is 5.16 Å². The van der Waals surface area contributed by atoms with E-state index >= 15 is 0 Å². The van der Waals surface area contributed by atoms with E-state index in [2.05, 4.69) is 15.5 Å². The molecule has 4 nitrogen and oxygen atoms in total. The lowest BCUT2D eigenvalue weighted by molar-refractivity contribution is 0.757. The predicted molar refractivity (Wildman–Crippen MR) is 50.9 cm³/mol. The van der Waals surface area contributed by atoms with Crippen LogP contribution in [-0.4, -0.2) is 20.2 Å². The molecule has 0 aliphatic carbocycles. The van der Waals surface area contributed by atoms with Crippen LogP contribution in [0.3, 0.4) is 0 Å². The molecular weight excluding hydrogens is 208 g/mol. The lowest BCUT2D eigenvalue weighted by atomic mass is 10.3. The Kier molecular flexibility index (Phi) is 2.47. The Morgan fingerprint density at radius 3 is 2.69 bits per heavy atom. The zero-order chi connectivity index (χ0) is 9.10. The molecule has 6 heteroatoms. The molecule has 0 aliphatic heterocycles. The Bertz CT molecular complexity index is 388. The molecule has 0 amide bonds. The summed E-state index contributed by atoms with van der Waals surface area (Å²) >= 11 is 0. The van der Waals surface area contributed by atoms with Crippen molar-refractivity contribution < 1.29 is 0 Å². The second-order valence-electron chi connectivity index (χ2n) is 2.29. The second kappa shape index (κ2) is 3.76. The first-order valence-electron chi connectivity index (χ1n) is 3.54. The predicted octanol–water partition coefficient (Wildman–Crippen LogP) is 1.91. The van der Waals surface area contributed by atoms with E-state index in [1.807, 2.05) is 30.3 Å². The highest BCUT2D eigenvalue weighted by Crippen LogP contribution is 2.20. The fourth-order valence-electron chi connectivity index (χ4n) is 0.958. The molecule has 0 atom stereocenters. The topological polar surface area (TPSA) is 43.6 Å². The summed E-state index contributed by atoms with van der Waals surface area (Å²) in [4.78, 5) is 0. The van der Waals surface area contributed by atoms with Gasteiger partial charge in [-0.25, -0.2) is 0 Å². The molecule has 1 heterocycles. The molecule has 0 spiro atoms. The molecule has 2 aromatic rings. The number of aromatic nitrogens is 4. The van der Waals surface area contributed by atoms with E-state index in [0.29, 0.717) is 5.16 Å². The summed E-state index contributed by atoms with van der Waals surface area (Å²) in [5.41, 5.74) is 0.899. The van der Waals surface area contributed by atoms with Crippen LogP contribution < -0.4 is 0 Å². The normalized spacial score (nSPS) is 10.2. The van der Waals surface area contributed by atoms with Crippen molar-refractivity contribution in [2.24, 2.45) is 0 Å². The van der Waals surface area contributed by atoms with Gasteiger partial charge in [-0.1, -0.05) is 18.2 Å². The third-order valence-corrected chi connectivity index (χ3v) is 2.32. The van der Waals surface area contributed by atoms with Crippen LogP contribution in [0.25, 0.3) is 5.69 Å². The molecule has 0 unspecified atom stereocenters. The Hall–Kier alpha value is -1.07. The van der Waals surface area contributed by atoms with Gasteiger partial charge in [0.05, 0.1) is 5.69 Å². The van der Waals surface area contributed by atoms with Crippen LogP contribution in [0.15, 0.2) is 35.5 Å². The minimum Gasteiger partial charge on any atom is -0.187 e. The van der Waals surface area contributed by atoms with Gasteiger partial charge in [0, 0.05) is 11.0 Å². The Morgan fingerprint density at radius 1 is 1.23 bits per heavy atom. The first kappa shape index (κ1) is 8.52. The summed E-state index contributed by atoms with van der Waals surface area (Å²) in [6.07, 6.45) is 0. The summed E-state index contributed by atoms with van der Waals surface area (Å²) in [7, 11) is 6.57. The third-order valence-electron chi connectivity index (χ3n) is 1.51. The fraction of sp³-hybridized carbons (Fsp3) is 0. The highest BCUT2D eigenvalue weighted by molar-refractivity contribution is 8.21. The average Bonchev–Trinajstić information content (AvgIpc) is 2.67. The standard InChI is InChI=1S/C7H5ClN4S/c8-13-7-9-10-11-12(7)6-4-2-1-3-5-6/h1-5H. The summed E-state index contributed by atoms with van der Waals surface area (Å²) < 4.78 is 1.58. The van der Waals surface area contributed by atoms with Crippen molar-refractivity contribution in [3.8, 4) is 5.69 Å². The first-order valence-corrected chi connectivity index (χ1v) is 5.18. The quantitative estimate of drug-likeness (QED) is 0.763. The van der Waals surface area contributed by atoms with Crippen molar-refractivity contribution in [3.05, 3.63) is 30.3 Å². The molecule has 0 bridgehead atoms. The lowest BCUT2D eigenvalue weighted by Crippen LogP contribution is -1.97. The third kappa shape index (κ3) is 1.66.